The summed E-state index contributed by atoms with van der Waals surface area (Å²) in [5.74, 6) is 0.941. The third-order valence-corrected chi connectivity index (χ3v) is 7.46. The van der Waals surface area contributed by atoms with E-state index < -0.39 is 0 Å². The average molecular weight is 413 g/mol. The molecule has 0 spiro atoms. The summed E-state index contributed by atoms with van der Waals surface area (Å²) in [5.41, 5.74) is 7.46. The number of nitrogens with zero attached hydrogens (tertiary/aromatic N) is 2. The Labute approximate surface area is 180 Å². The van der Waals surface area contributed by atoms with E-state index in [-0.39, 0.29) is 10.8 Å². The van der Waals surface area contributed by atoms with Crippen LogP contribution in [0.3, 0.4) is 0 Å². The fourth-order valence-electron chi connectivity index (χ4n) is 4.33. The van der Waals surface area contributed by atoms with E-state index in [1.807, 2.05) is 47.5 Å². The molecule has 30 heavy (non-hydrogen) atoms. The van der Waals surface area contributed by atoms with Gasteiger partial charge in [-0.15, -0.1) is 11.8 Å². The molecule has 4 heteroatoms. The Kier molecular flexibility index (Phi) is 4.95. The summed E-state index contributed by atoms with van der Waals surface area (Å²) >= 11 is 1.91. The zero-order valence-corrected chi connectivity index (χ0v) is 18.1. The van der Waals surface area contributed by atoms with Gasteiger partial charge in [0.15, 0.2) is 0 Å². The third kappa shape index (κ3) is 3.25. The summed E-state index contributed by atoms with van der Waals surface area (Å²) < 4.78 is 1.89. The van der Waals surface area contributed by atoms with Gasteiger partial charge in [-0.1, -0.05) is 55.5 Å². The Hall–Kier alpha value is -2.85. The molecule has 2 aromatic carbocycles. The predicted octanol–water partition coefficient (Wildman–Crippen LogP) is 6.12. The number of rotatable bonds is 5. The van der Waals surface area contributed by atoms with Crippen molar-refractivity contribution in [2.45, 2.75) is 37.8 Å². The maximum Gasteiger partial charge on any atom is 0.254 e. The first kappa shape index (κ1) is 19.1. The minimum absolute atomic E-state index is 0.114. The molecular formula is C26H24N2OS. The number of pyridine rings is 2. The molecule has 2 aromatic heterocycles. The summed E-state index contributed by atoms with van der Waals surface area (Å²) in [5, 5.41) is 1.41. The van der Waals surface area contributed by atoms with Gasteiger partial charge in [-0.3, -0.25) is 4.79 Å². The van der Waals surface area contributed by atoms with Crippen LogP contribution in [0.5, 0.6) is 0 Å². The molecule has 3 heterocycles. The van der Waals surface area contributed by atoms with Gasteiger partial charge in [-0.25, -0.2) is 4.98 Å². The minimum atomic E-state index is 0.114. The SMILES string of the molecule is CCC(SCc1ccccc1)c1cc2n(c(=O)c1C)Cc1cc3ccccc3nc1-2. The fourth-order valence-corrected chi connectivity index (χ4v) is 5.57. The van der Waals surface area contributed by atoms with Gasteiger partial charge in [0.2, 0.25) is 0 Å². The zero-order chi connectivity index (χ0) is 20.7. The molecule has 1 unspecified atom stereocenters. The molecule has 0 bridgehead atoms. The lowest BCUT2D eigenvalue weighted by molar-refractivity contribution is 0.779. The lowest BCUT2D eigenvalue weighted by Gasteiger charge is -2.19. The van der Waals surface area contributed by atoms with Crippen molar-refractivity contribution in [3.05, 3.63) is 99.3 Å². The predicted molar refractivity (Wildman–Crippen MR) is 126 cm³/mol. The standard InChI is InChI=1S/C26H24N2OS/c1-3-24(30-16-18-9-5-4-6-10-18)21-14-23-25-20(15-28(23)26(29)17(21)2)13-19-11-7-8-12-22(19)27-25/h4-14,24H,3,15-16H2,1-2H3. The molecule has 0 radical (unpaired) electrons. The summed E-state index contributed by atoms with van der Waals surface area (Å²) in [7, 11) is 0. The molecule has 1 aliphatic rings. The summed E-state index contributed by atoms with van der Waals surface area (Å²) in [6, 6.07) is 23.1. The molecule has 1 aliphatic heterocycles. The molecule has 0 fully saturated rings. The Bertz CT molecular complexity index is 1290. The highest BCUT2D eigenvalue weighted by atomic mass is 32.2. The molecule has 150 valence electrons. The topological polar surface area (TPSA) is 34.9 Å². The molecule has 0 amide bonds. The van der Waals surface area contributed by atoms with Crippen molar-refractivity contribution in [3.63, 3.8) is 0 Å². The minimum Gasteiger partial charge on any atom is -0.302 e. The second kappa shape index (κ2) is 7.77. The highest BCUT2D eigenvalue weighted by Gasteiger charge is 2.26. The Morgan fingerprint density at radius 1 is 1.07 bits per heavy atom. The van der Waals surface area contributed by atoms with Crippen LogP contribution in [0.1, 0.15) is 40.8 Å². The van der Waals surface area contributed by atoms with Gasteiger partial charge in [-0.05, 0) is 42.7 Å². The maximum absolute atomic E-state index is 13.3. The number of thioether (sulfide) groups is 1. The van der Waals surface area contributed by atoms with Crippen molar-refractivity contribution in [2.24, 2.45) is 0 Å². The Balaban J connectivity index is 1.56. The van der Waals surface area contributed by atoms with E-state index in [1.54, 1.807) is 0 Å². The van der Waals surface area contributed by atoms with Gasteiger partial charge in [-0.2, -0.15) is 0 Å². The first-order valence-corrected chi connectivity index (χ1v) is 11.5. The maximum atomic E-state index is 13.3. The normalized spacial score (nSPS) is 13.3. The first-order chi connectivity index (χ1) is 14.7. The molecule has 0 saturated heterocycles. The molecular weight excluding hydrogens is 388 g/mol. The summed E-state index contributed by atoms with van der Waals surface area (Å²) in [6.45, 7) is 4.78. The smallest absolute Gasteiger partial charge is 0.254 e. The second-order valence-corrected chi connectivity index (χ2v) is 9.07. The van der Waals surface area contributed by atoms with Crippen molar-refractivity contribution >= 4 is 22.7 Å². The van der Waals surface area contributed by atoms with Crippen molar-refractivity contribution in [1.82, 2.24) is 9.55 Å². The van der Waals surface area contributed by atoms with E-state index in [1.165, 1.54) is 5.56 Å². The molecule has 1 atom stereocenters. The van der Waals surface area contributed by atoms with Crippen LogP contribution in [-0.2, 0) is 12.3 Å². The quantitative estimate of drug-likeness (QED) is 0.349. The Morgan fingerprint density at radius 3 is 2.63 bits per heavy atom. The van der Waals surface area contributed by atoms with Crippen LogP contribution in [-0.4, -0.2) is 9.55 Å². The van der Waals surface area contributed by atoms with Crippen LogP contribution in [0.25, 0.3) is 22.3 Å². The zero-order valence-electron chi connectivity index (χ0n) is 17.3. The number of fused-ring (bicyclic) bond motifs is 4. The van der Waals surface area contributed by atoms with Gasteiger partial charge >= 0.3 is 0 Å². The third-order valence-electron chi connectivity index (χ3n) is 5.97. The molecule has 0 saturated carbocycles. The van der Waals surface area contributed by atoms with Gasteiger partial charge < -0.3 is 4.57 Å². The lowest BCUT2D eigenvalue weighted by atomic mass is 10.0. The van der Waals surface area contributed by atoms with E-state index >= 15 is 0 Å². The van der Waals surface area contributed by atoms with Gasteiger partial charge in [0.1, 0.15) is 0 Å². The first-order valence-electron chi connectivity index (χ1n) is 10.4. The van der Waals surface area contributed by atoms with Crippen LogP contribution >= 0.6 is 11.8 Å². The van der Waals surface area contributed by atoms with Crippen molar-refractivity contribution in [3.8, 4) is 11.4 Å². The number of aromatic nitrogens is 2. The number of benzene rings is 2. The van der Waals surface area contributed by atoms with Gasteiger partial charge in [0.25, 0.3) is 5.56 Å². The molecule has 0 aliphatic carbocycles. The van der Waals surface area contributed by atoms with Crippen LogP contribution in [0, 0.1) is 6.92 Å². The fraction of sp³-hybridized carbons (Fsp3) is 0.231. The summed E-state index contributed by atoms with van der Waals surface area (Å²) in [4.78, 5) is 18.2. The monoisotopic (exact) mass is 412 g/mol. The molecule has 0 N–H and O–H groups in total. The largest absolute Gasteiger partial charge is 0.302 e. The van der Waals surface area contributed by atoms with E-state index in [9.17, 15) is 4.79 Å². The van der Waals surface area contributed by atoms with Crippen LogP contribution in [0.15, 0.2) is 71.5 Å². The number of para-hydroxylation sites is 1. The molecule has 3 nitrogen and oxygen atoms in total. The number of hydrogen-bond acceptors (Lipinski definition) is 3. The van der Waals surface area contributed by atoms with E-state index in [0.29, 0.717) is 6.54 Å². The highest BCUT2D eigenvalue weighted by Crippen LogP contribution is 2.39. The van der Waals surface area contributed by atoms with Crippen molar-refractivity contribution < 1.29 is 0 Å². The van der Waals surface area contributed by atoms with E-state index in [2.05, 4.69) is 49.4 Å². The molecule has 5 rings (SSSR count). The van der Waals surface area contributed by atoms with Gasteiger partial charge in [0, 0.05) is 27.5 Å². The molecule has 4 aromatic rings. The summed E-state index contributed by atoms with van der Waals surface area (Å²) in [6.07, 6.45) is 0.985. The highest BCUT2D eigenvalue weighted by molar-refractivity contribution is 7.98. The lowest BCUT2D eigenvalue weighted by Crippen LogP contribution is -2.23. The second-order valence-electron chi connectivity index (χ2n) is 7.88. The van der Waals surface area contributed by atoms with E-state index in [4.69, 9.17) is 4.98 Å². The number of hydrogen-bond donors (Lipinski definition) is 0. The van der Waals surface area contributed by atoms with Crippen LogP contribution < -0.4 is 5.56 Å². The van der Waals surface area contributed by atoms with E-state index in [0.717, 1.165) is 51.2 Å². The van der Waals surface area contributed by atoms with Crippen molar-refractivity contribution in [2.75, 3.05) is 0 Å². The van der Waals surface area contributed by atoms with Crippen molar-refractivity contribution in [1.29, 1.82) is 0 Å². The van der Waals surface area contributed by atoms with Gasteiger partial charge in [0.05, 0.1) is 23.4 Å². The van der Waals surface area contributed by atoms with Crippen LogP contribution in [0.4, 0.5) is 0 Å². The Morgan fingerprint density at radius 2 is 1.83 bits per heavy atom. The average Bonchev–Trinajstić information content (AvgIpc) is 3.14. The van der Waals surface area contributed by atoms with Crippen LogP contribution in [0.2, 0.25) is 0 Å².